The van der Waals surface area contributed by atoms with Crippen molar-refractivity contribution in [2.24, 2.45) is 0 Å². The maximum absolute atomic E-state index is 12.3. The van der Waals surface area contributed by atoms with Gasteiger partial charge in [0.1, 0.15) is 11.5 Å². The second kappa shape index (κ2) is 8.71. The van der Waals surface area contributed by atoms with E-state index in [1.807, 2.05) is 40.7 Å². The Hall–Kier alpha value is -2.28. The molecule has 1 aliphatic rings. The minimum atomic E-state index is 0.0186. The Morgan fingerprint density at radius 1 is 1.12 bits per heavy atom. The summed E-state index contributed by atoms with van der Waals surface area (Å²) in [6, 6.07) is 7.39. The standard InChI is InChI=1S/C18H23N3O3S/c1-2-12-23-15-3-5-16(6-4-15)24-14-17(22)20-8-10-21(11-9-20)18-19-7-13-25-18/h3-7,13H,2,8-12,14H2,1H3. The number of rotatable bonds is 7. The molecule has 7 heteroatoms. The summed E-state index contributed by atoms with van der Waals surface area (Å²) in [5.74, 6) is 1.52. The Balaban J connectivity index is 1.42. The number of amides is 1. The molecule has 1 amide bonds. The lowest BCUT2D eigenvalue weighted by Gasteiger charge is -2.34. The number of anilines is 1. The lowest BCUT2D eigenvalue weighted by molar-refractivity contribution is -0.133. The third-order valence-corrected chi connectivity index (χ3v) is 4.81. The summed E-state index contributed by atoms with van der Waals surface area (Å²) in [6.45, 7) is 5.85. The van der Waals surface area contributed by atoms with Crippen molar-refractivity contribution in [1.82, 2.24) is 9.88 Å². The summed E-state index contributed by atoms with van der Waals surface area (Å²) in [5.41, 5.74) is 0. The van der Waals surface area contributed by atoms with Gasteiger partial charge in [0.25, 0.3) is 5.91 Å². The van der Waals surface area contributed by atoms with Crippen molar-refractivity contribution >= 4 is 22.4 Å². The number of piperazine rings is 1. The molecule has 25 heavy (non-hydrogen) atoms. The van der Waals surface area contributed by atoms with Crippen LogP contribution in [-0.2, 0) is 4.79 Å². The van der Waals surface area contributed by atoms with E-state index >= 15 is 0 Å². The molecule has 0 saturated carbocycles. The van der Waals surface area contributed by atoms with Crippen LogP contribution < -0.4 is 14.4 Å². The number of hydrogen-bond donors (Lipinski definition) is 0. The average Bonchev–Trinajstić information content (AvgIpc) is 3.20. The Morgan fingerprint density at radius 2 is 1.80 bits per heavy atom. The van der Waals surface area contributed by atoms with Crippen LogP contribution in [0, 0.1) is 0 Å². The normalized spacial score (nSPS) is 14.4. The fraction of sp³-hybridized carbons (Fsp3) is 0.444. The molecule has 0 bridgehead atoms. The predicted molar refractivity (Wildman–Crippen MR) is 98.6 cm³/mol. The zero-order valence-corrected chi connectivity index (χ0v) is 15.2. The minimum absolute atomic E-state index is 0.0186. The van der Waals surface area contributed by atoms with Crippen LogP contribution in [0.3, 0.4) is 0 Å². The first-order valence-corrected chi connectivity index (χ1v) is 9.42. The van der Waals surface area contributed by atoms with E-state index in [1.165, 1.54) is 0 Å². The molecule has 134 valence electrons. The van der Waals surface area contributed by atoms with Gasteiger partial charge in [0.15, 0.2) is 11.7 Å². The van der Waals surface area contributed by atoms with Crippen molar-refractivity contribution in [2.45, 2.75) is 13.3 Å². The zero-order valence-electron chi connectivity index (χ0n) is 14.4. The highest BCUT2D eigenvalue weighted by Gasteiger charge is 2.22. The second-order valence-corrected chi connectivity index (χ2v) is 6.66. The Bertz CT molecular complexity index is 653. The van der Waals surface area contributed by atoms with Gasteiger partial charge in [0.2, 0.25) is 0 Å². The van der Waals surface area contributed by atoms with Crippen molar-refractivity contribution in [3.63, 3.8) is 0 Å². The first kappa shape index (κ1) is 17.5. The van der Waals surface area contributed by atoms with Crippen molar-refractivity contribution in [1.29, 1.82) is 0 Å². The Labute approximate surface area is 152 Å². The predicted octanol–water partition coefficient (Wildman–Crippen LogP) is 2.66. The summed E-state index contributed by atoms with van der Waals surface area (Å²) in [6.07, 6.45) is 2.78. The van der Waals surface area contributed by atoms with Crippen molar-refractivity contribution in [2.75, 3.05) is 44.3 Å². The molecule has 1 aliphatic heterocycles. The van der Waals surface area contributed by atoms with Crippen LogP contribution in [-0.4, -0.2) is 55.2 Å². The van der Waals surface area contributed by atoms with E-state index in [9.17, 15) is 4.79 Å². The fourth-order valence-electron chi connectivity index (χ4n) is 2.61. The van der Waals surface area contributed by atoms with Gasteiger partial charge in [-0.25, -0.2) is 4.98 Å². The molecule has 0 atom stereocenters. The molecule has 0 N–H and O–H groups in total. The topological polar surface area (TPSA) is 54.9 Å². The first-order chi connectivity index (χ1) is 12.3. The fourth-order valence-corrected chi connectivity index (χ4v) is 3.30. The highest BCUT2D eigenvalue weighted by Crippen LogP contribution is 2.20. The highest BCUT2D eigenvalue weighted by atomic mass is 32.1. The van der Waals surface area contributed by atoms with E-state index in [1.54, 1.807) is 11.3 Å². The number of carbonyl (C=O) groups is 1. The molecule has 6 nitrogen and oxygen atoms in total. The Kier molecular flexibility index (Phi) is 6.11. The van der Waals surface area contributed by atoms with E-state index in [-0.39, 0.29) is 12.5 Å². The number of thiazole rings is 1. The van der Waals surface area contributed by atoms with Crippen molar-refractivity contribution in [3.8, 4) is 11.5 Å². The number of hydrogen-bond acceptors (Lipinski definition) is 6. The lowest BCUT2D eigenvalue weighted by atomic mass is 10.3. The number of aromatic nitrogens is 1. The van der Waals surface area contributed by atoms with Gasteiger partial charge in [-0.15, -0.1) is 11.3 Å². The first-order valence-electron chi connectivity index (χ1n) is 8.54. The van der Waals surface area contributed by atoms with Gasteiger partial charge in [-0.1, -0.05) is 6.92 Å². The number of ether oxygens (including phenoxy) is 2. The number of benzene rings is 1. The molecular weight excluding hydrogens is 338 g/mol. The van der Waals surface area contributed by atoms with Crippen LogP contribution in [0.2, 0.25) is 0 Å². The van der Waals surface area contributed by atoms with Gasteiger partial charge in [0.05, 0.1) is 6.61 Å². The molecule has 1 aromatic heterocycles. The molecule has 3 rings (SSSR count). The van der Waals surface area contributed by atoms with E-state index < -0.39 is 0 Å². The maximum atomic E-state index is 12.3. The molecule has 0 spiro atoms. The monoisotopic (exact) mass is 361 g/mol. The molecule has 2 heterocycles. The van der Waals surface area contributed by atoms with Crippen LogP contribution in [0.25, 0.3) is 0 Å². The van der Waals surface area contributed by atoms with Crippen LogP contribution >= 0.6 is 11.3 Å². The maximum Gasteiger partial charge on any atom is 0.260 e. The molecule has 2 aromatic rings. The van der Waals surface area contributed by atoms with Crippen molar-refractivity contribution in [3.05, 3.63) is 35.8 Å². The summed E-state index contributed by atoms with van der Waals surface area (Å²) >= 11 is 1.63. The lowest BCUT2D eigenvalue weighted by Crippen LogP contribution is -2.50. The van der Waals surface area contributed by atoms with E-state index in [0.29, 0.717) is 25.4 Å². The quantitative estimate of drug-likeness (QED) is 0.759. The summed E-state index contributed by atoms with van der Waals surface area (Å²) in [5, 5.41) is 2.99. The molecular formula is C18H23N3O3S. The molecule has 1 aromatic carbocycles. The van der Waals surface area contributed by atoms with E-state index in [2.05, 4.69) is 16.8 Å². The molecule has 0 radical (unpaired) electrons. The average molecular weight is 361 g/mol. The summed E-state index contributed by atoms with van der Waals surface area (Å²) in [7, 11) is 0. The Morgan fingerprint density at radius 3 is 2.40 bits per heavy atom. The van der Waals surface area contributed by atoms with Gasteiger partial charge in [-0.05, 0) is 30.7 Å². The van der Waals surface area contributed by atoms with Crippen LogP contribution in [0.4, 0.5) is 5.13 Å². The zero-order chi connectivity index (χ0) is 17.5. The smallest absolute Gasteiger partial charge is 0.260 e. The molecule has 1 saturated heterocycles. The number of nitrogens with zero attached hydrogens (tertiary/aromatic N) is 3. The molecule has 0 unspecified atom stereocenters. The second-order valence-electron chi connectivity index (χ2n) is 5.79. The van der Waals surface area contributed by atoms with E-state index in [4.69, 9.17) is 9.47 Å². The summed E-state index contributed by atoms with van der Waals surface area (Å²) < 4.78 is 11.1. The summed E-state index contributed by atoms with van der Waals surface area (Å²) in [4.78, 5) is 20.7. The SMILES string of the molecule is CCCOc1ccc(OCC(=O)N2CCN(c3nccs3)CC2)cc1. The number of carbonyl (C=O) groups excluding carboxylic acids is 1. The van der Waals surface area contributed by atoms with Crippen LogP contribution in [0.1, 0.15) is 13.3 Å². The van der Waals surface area contributed by atoms with Gasteiger partial charge >= 0.3 is 0 Å². The van der Waals surface area contributed by atoms with Gasteiger partial charge in [-0.2, -0.15) is 0 Å². The van der Waals surface area contributed by atoms with Gasteiger partial charge in [-0.3, -0.25) is 4.79 Å². The third kappa shape index (κ3) is 4.85. The van der Waals surface area contributed by atoms with Gasteiger partial charge in [0, 0.05) is 37.8 Å². The third-order valence-electron chi connectivity index (χ3n) is 3.98. The van der Waals surface area contributed by atoms with Crippen LogP contribution in [0.5, 0.6) is 11.5 Å². The molecule has 0 aliphatic carbocycles. The van der Waals surface area contributed by atoms with Crippen molar-refractivity contribution < 1.29 is 14.3 Å². The van der Waals surface area contributed by atoms with E-state index in [0.717, 1.165) is 30.4 Å². The highest BCUT2D eigenvalue weighted by molar-refractivity contribution is 7.13. The van der Waals surface area contributed by atoms with Gasteiger partial charge < -0.3 is 19.3 Å². The molecule has 1 fully saturated rings. The largest absolute Gasteiger partial charge is 0.494 e. The van der Waals surface area contributed by atoms with Crippen LogP contribution in [0.15, 0.2) is 35.8 Å². The minimum Gasteiger partial charge on any atom is -0.494 e.